The molecule has 0 aromatic heterocycles. The van der Waals surface area contributed by atoms with E-state index in [9.17, 15) is 4.79 Å². The van der Waals surface area contributed by atoms with E-state index in [1.165, 1.54) is 0 Å². The molecule has 0 unspecified atom stereocenters. The molecule has 2 nitrogen and oxygen atoms in total. The normalized spacial score (nSPS) is 10.5. The Morgan fingerprint density at radius 2 is 2.13 bits per heavy atom. The second kappa shape index (κ2) is 5.17. The maximum atomic E-state index is 11.5. The minimum absolute atomic E-state index is 0.0513. The number of benzene rings is 1. The second-order valence-corrected chi connectivity index (χ2v) is 4.54. The van der Waals surface area contributed by atoms with Crippen molar-refractivity contribution in [1.29, 1.82) is 0 Å². The van der Waals surface area contributed by atoms with Crippen LogP contribution < -0.4 is 5.32 Å². The summed E-state index contributed by atoms with van der Waals surface area (Å²) in [7, 11) is 0. The van der Waals surface area contributed by atoms with Crippen LogP contribution in [0.3, 0.4) is 0 Å². The van der Waals surface area contributed by atoms with E-state index in [2.05, 4.69) is 5.32 Å². The minimum atomic E-state index is 0.0513. The van der Waals surface area contributed by atoms with Crippen molar-refractivity contribution in [2.45, 2.75) is 27.2 Å². The van der Waals surface area contributed by atoms with Crippen LogP contribution in [0.25, 0.3) is 0 Å². The van der Waals surface area contributed by atoms with Gasteiger partial charge in [0.25, 0.3) is 0 Å². The lowest BCUT2D eigenvalue weighted by molar-refractivity contribution is -0.116. The highest BCUT2D eigenvalue weighted by atomic mass is 35.5. The predicted molar refractivity (Wildman–Crippen MR) is 64.3 cm³/mol. The zero-order valence-electron chi connectivity index (χ0n) is 9.30. The lowest BCUT2D eigenvalue weighted by Crippen LogP contribution is -2.14. The molecule has 1 rings (SSSR count). The zero-order valence-corrected chi connectivity index (χ0v) is 10.1. The van der Waals surface area contributed by atoms with Crippen LogP contribution in [-0.4, -0.2) is 5.91 Å². The van der Waals surface area contributed by atoms with E-state index >= 15 is 0 Å². The third kappa shape index (κ3) is 3.92. The average Bonchev–Trinajstić information content (AvgIpc) is 2.08. The maximum Gasteiger partial charge on any atom is 0.224 e. The molecule has 1 amide bonds. The number of carbonyl (C=O) groups excluding carboxylic acids is 1. The molecule has 0 aliphatic carbocycles. The molecule has 0 saturated heterocycles. The van der Waals surface area contributed by atoms with Gasteiger partial charge in [0.1, 0.15) is 0 Å². The smallest absolute Gasteiger partial charge is 0.224 e. The van der Waals surface area contributed by atoms with Gasteiger partial charge in [-0.25, -0.2) is 0 Å². The standard InChI is InChI=1S/C12H16ClNO/c1-8(2)6-12(15)14-11-5-4-10(13)7-9(11)3/h4-5,7-8H,6H2,1-3H3,(H,14,15). The molecule has 1 aromatic carbocycles. The van der Waals surface area contributed by atoms with E-state index < -0.39 is 0 Å². The van der Waals surface area contributed by atoms with Gasteiger partial charge in [-0.15, -0.1) is 0 Å². The van der Waals surface area contributed by atoms with Gasteiger partial charge in [0, 0.05) is 17.1 Å². The van der Waals surface area contributed by atoms with Crippen LogP contribution in [-0.2, 0) is 4.79 Å². The van der Waals surface area contributed by atoms with Gasteiger partial charge in [-0.05, 0) is 36.6 Å². The molecule has 0 bridgehead atoms. The molecule has 1 aromatic rings. The first kappa shape index (κ1) is 12.1. The van der Waals surface area contributed by atoms with E-state index in [0.29, 0.717) is 17.4 Å². The van der Waals surface area contributed by atoms with Crippen LogP contribution in [0.15, 0.2) is 18.2 Å². The number of anilines is 1. The van der Waals surface area contributed by atoms with Crippen LogP contribution in [0.5, 0.6) is 0 Å². The van der Waals surface area contributed by atoms with Gasteiger partial charge in [-0.3, -0.25) is 4.79 Å². The van der Waals surface area contributed by atoms with Crippen molar-refractivity contribution in [2.24, 2.45) is 5.92 Å². The summed E-state index contributed by atoms with van der Waals surface area (Å²) in [6.45, 7) is 5.97. The third-order valence-electron chi connectivity index (χ3n) is 2.06. The molecular formula is C12H16ClNO. The minimum Gasteiger partial charge on any atom is -0.326 e. The molecule has 0 atom stereocenters. The number of aryl methyl sites for hydroxylation is 1. The summed E-state index contributed by atoms with van der Waals surface area (Å²) >= 11 is 5.83. The van der Waals surface area contributed by atoms with Crippen LogP contribution in [0, 0.1) is 12.8 Å². The van der Waals surface area contributed by atoms with Crippen molar-refractivity contribution in [3.05, 3.63) is 28.8 Å². The average molecular weight is 226 g/mol. The number of nitrogens with one attached hydrogen (secondary N) is 1. The largest absolute Gasteiger partial charge is 0.326 e. The number of hydrogen-bond donors (Lipinski definition) is 1. The highest BCUT2D eigenvalue weighted by Crippen LogP contribution is 2.19. The molecule has 82 valence electrons. The van der Waals surface area contributed by atoms with Crippen molar-refractivity contribution in [2.75, 3.05) is 5.32 Å². The first-order chi connectivity index (χ1) is 6.99. The quantitative estimate of drug-likeness (QED) is 0.836. The SMILES string of the molecule is Cc1cc(Cl)ccc1NC(=O)CC(C)C. The Kier molecular flexibility index (Phi) is 4.15. The Morgan fingerprint density at radius 1 is 1.47 bits per heavy atom. The van der Waals surface area contributed by atoms with Crippen molar-refractivity contribution in [3.63, 3.8) is 0 Å². The molecular weight excluding hydrogens is 210 g/mol. The molecule has 1 N–H and O–H groups in total. The summed E-state index contributed by atoms with van der Waals surface area (Å²) in [5.41, 5.74) is 1.82. The topological polar surface area (TPSA) is 29.1 Å². The van der Waals surface area contributed by atoms with Crippen molar-refractivity contribution >= 4 is 23.2 Å². The summed E-state index contributed by atoms with van der Waals surface area (Å²) in [4.78, 5) is 11.5. The fourth-order valence-electron chi connectivity index (χ4n) is 1.34. The third-order valence-corrected chi connectivity index (χ3v) is 2.29. The number of hydrogen-bond acceptors (Lipinski definition) is 1. The number of rotatable bonds is 3. The van der Waals surface area contributed by atoms with E-state index in [0.717, 1.165) is 11.3 Å². The summed E-state index contributed by atoms with van der Waals surface area (Å²) in [6, 6.07) is 5.45. The molecule has 0 spiro atoms. The van der Waals surface area contributed by atoms with Crippen LogP contribution in [0.4, 0.5) is 5.69 Å². The number of carbonyl (C=O) groups is 1. The Balaban J connectivity index is 2.68. The summed E-state index contributed by atoms with van der Waals surface area (Å²) in [5, 5.41) is 3.56. The molecule has 15 heavy (non-hydrogen) atoms. The molecule has 0 aliphatic heterocycles. The van der Waals surface area contributed by atoms with Crippen molar-refractivity contribution in [3.8, 4) is 0 Å². The molecule has 0 saturated carbocycles. The van der Waals surface area contributed by atoms with Crippen LogP contribution in [0.2, 0.25) is 5.02 Å². The first-order valence-corrected chi connectivity index (χ1v) is 5.43. The first-order valence-electron chi connectivity index (χ1n) is 5.05. The Bertz CT molecular complexity index is 361. The van der Waals surface area contributed by atoms with Gasteiger partial charge in [0.2, 0.25) is 5.91 Å². The van der Waals surface area contributed by atoms with Gasteiger partial charge in [0.15, 0.2) is 0 Å². The fraction of sp³-hybridized carbons (Fsp3) is 0.417. The second-order valence-electron chi connectivity index (χ2n) is 4.11. The van der Waals surface area contributed by atoms with Gasteiger partial charge >= 0.3 is 0 Å². The highest BCUT2D eigenvalue weighted by molar-refractivity contribution is 6.30. The maximum absolute atomic E-state index is 11.5. The van der Waals surface area contributed by atoms with Crippen LogP contribution in [0.1, 0.15) is 25.8 Å². The molecule has 3 heteroatoms. The molecule has 0 radical (unpaired) electrons. The lowest BCUT2D eigenvalue weighted by Gasteiger charge is -2.09. The van der Waals surface area contributed by atoms with Crippen molar-refractivity contribution < 1.29 is 4.79 Å². The Hall–Kier alpha value is -1.02. The summed E-state index contributed by atoms with van der Waals surface area (Å²) in [5.74, 6) is 0.424. The number of amides is 1. The number of halogens is 1. The van der Waals surface area contributed by atoms with E-state index in [-0.39, 0.29) is 5.91 Å². The van der Waals surface area contributed by atoms with E-state index in [1.807, 2.05) is 32.9 Å². The lowest BCUT2D eigenvalue weighted by atomic mass is 10.1. The van der Waals surface area contributed by atoms with Gasteiger partial charge < -0.3 is 5.32 Å². The predicted octanol–water partition coefficient (Wildman–Crippen LogP) is 3.63. The summed E-state index contributed by atoms with van der Waals surface area (Å²) < 4.78 is 0. The van der Waals surface area contributed by atoms with Crippen molar-refractivity contribution in [1.82, 2.24) is 0 Å². The van der Waals surface area contributed by atoms with E-state index in [1.54, 1.807) is 6.07 Å². The zero-order chi connectivity index (χ0) is 11.4. The van der Waals surface area contributed by atoms with Gasteiger partial charge in [0.05, 0.1) is 0 Å². The van der Waals surface area contributed by atoms with Crippen LogP contribution >= 0.6 is 11.6 Å². The fourth-order valence-corrected chi connectivity index (χ4v) is 1.57. The van der Waals surface area contributed by atoms with Gasteiger partial charge in [-0.1, -0.05) is 25.4 Å². The Morgan fingerprint density at radius 3 is 2.67 bits per heavy atom. The molecule has 0 heterocycles. The Labute approximate surface area is 95.6 Å². The summed E-state index contributed by atoms with van der Waals surface area (Å²) in [6.07, 6.45) is 0.544. The monoisotopic (exact) mass is 225 g/mol. The van der Waals surface area contributed by atoms with Gasteiger partial charge in [-0.2, -0.15) is 0 Å². The molecule has 0 fully saturated rings. The molecule has 0 aliphatic rings. The highest BCUT2D eigenvalue weighted by Gasteiger charge is 2.06. The van der Waals surface area contributed by atoms with E-state index in [4.69, 9.17) is 11.6 Å².